The maximum atomic E-state index is 12.8. The molecule has 3 aliphatic rings. The molecule has 0 aromatic rings. The van der Waals surface area contributed by atoms with E-state index in [2.05, 4.69) is 55.4 Å². The Morgan fingerprint density at radius 3 is 1.94 bits per heavy atom. The molecule has 0 aromatic carbocycles. The van der Waals surface area contributed by atoms with E-state index in [9.17, 15) is 4.79 Å². The molecule has 8 heteroatoms. The Kier molecular flexibility index (Phi) is 13.0. The molecule has 3 heterocycles. The minimum atomic E-state index is -0.635. The van der Waals surface area contributed by atoms with E-state index in [0.717, 1.165) is 12.8 Å². The van der Waals surface area contributed by atoms with Crippen LogP contribution >= 0.6 is 0 Å². The Balaban J connectivity index is 1.77. The molecule has 0 aliphatic carbocycles. The molecule has 35 heavy (non-hydrogen) atoms. The van der Waals surface area contributed by atoms with Gasteiger partial charge in [-0.3, -0.25) is 0 Å². The van der Waals surface area contributed by atoms with Crippen molar-refractivity contribution in [2.45, 2.75) is 124 Å². The molecule has 0 bridgehead atoms. The Labute approximate surface area is 281 Å². The van der Waals surface area contributed by atoms with Gasteiger partial charge in [-0.15, -0.1) is 0 Å². The van der Waals surface area contributed by atoms with Crippen LogP contribution in [-0.4, -0.2) is 111 Å². The number of ether oxygens (including phenoxy) is 5. The van der Waals surface area contributed by atoms with Crippen molar-refractivity contribution in [2.24, 2.45) is 29.6 Å². The number of rotatable bonds is 7. The summed E-state index contributed by atoms with van der Waals surface area (Å²) in [5, 5.41) is 0. The van der Waals surface area contributed by atoms with Gasteiger partial charge in [0.2, 0.25) is 0 Å². The third-order valence-electron chi connectivity index (χ3n) is 9.97. The van der Waals surface area contributed by atoms with E-state index in [1.54, 1.807) is 6.92 Å². The first kappa shape index (κ1) is 32.3. The van der Waals surface area contributed by atoms with Gasteiger partial charge < -0.3 is 0 Å². The molecule has 7 unspecified atom stereocenters. The van der Waals surface area contributed by atoms with Crippen LogP contribution in [0.3, 0.4) is 0 Å². The predicted molar refractivity (Wildman–Crippen MR) is 133 cm³/mol. The van der Waals surface area contributed by atoms with E-state index in [1.165, 1.54) is 0 Å². The van der Waals surface area contributed by atoms with Crippen molar-refractivity contribution < 1.29 is 71.3 Å². The second-order valence-electron chi connectivity index (χ2n) is 12.0. The van der Waals surface area contributed by atoms with E-state index >= 15 is 0 Å². The summed E-state index contributed by atoms with van der Waals surface area (Å²) < 4.78 is 33.8. The molecule has 3 saturated heterocycles. The fraction of sp³-hybridized carbons (Fsp3) is 0.963. The summed E-state index contributed by atoms with van der Waals surface area (Å²) in [7, 11) is 0. The molecule has 15 atom stereocenters. The molecule has 6 nitrogen and oxygen atoms in total. The molecular weight excluding hydrogens is 732 g/mol. The Morgan fingerprint density at radius 2 is 1.37 bits per heavy atom. The summed E-state index contributed by atoms with van der Waals surface area (Å²) in [5.74, 6) is 1.77. The fourth-order valence-corrected chi connectivity index (χ4v) is 10.8. The van der Waals surface area contributed by atoms with E-state index in [-0.39, 0.29) is 48.3 Å². The summed E-state index contributed by atoms with van der Waals surface area (Å²) >= 11 is 0.676. The first-order chi connectivity index (χ1) is 16.4. The quantitative estimate of drug-likeness (QED) is 0.377. The average molecular weight is 779 g/mol. The van der Waals surface area contributed by atoms with Crippen molar-refractivity contribution >= 4 is 61.3 Å². The topological polar surface area (TPSA) is 63.2 Å². The van der Waals surface area contributed by atoms with Gasteiger partial charge in [0.15, 0.2) is 0 Å². The van der Waals surface area contributed by atoms with Gasteiger partial charge in [0.1, 0.15) is 0 Å². The van der Waals surface area contributed by atoms with Gasteiger partial charge in [-0.05, 0) is 0 Å². The van der Waals surface area contributed by atoms with Gasteiger partial charge in [0.05, 0.1) is 0 Å². The van der Waals surface area contributed by atoms with Gasteiger partial charge in [-0.1, -0.05) is 0 Å². The fourth-order valence-electron chi connectivity index (χ4n) is 6.35. The van der Waals surface area contributed by atoms with Crippen LogP contribution in [0, 0.1) is 72.4 Å². The van der Waals surface area contributed by atoms with Crippen molar-refractivity contribution in [1.82, 2.24) is 0 Å². The molecule has 0 aromatic heterocycles. The van der Waals surface area contributed by atoms with Crippen LogP contribution in [-0.2, 0) is 28.5 Å². The number of carbonyl (C=O) groups excluding carboxylic acids is 1. The molecule has 3 fully saturated rings. The molecule has 0 saturated carbocycles. The zero-order valence-corrected chi connectivity index (χ0v) is 37.2. The maximum absolute atomic E-state index is 12.8. The zero-order valence-electron chi connectivity index (χ0n) is 24.0. The average Bonchev–Trinajstić information content (AvgIpc) is 2.83. The molecule has 0 spiro atoms. The molecule has 0 N–H and O–H groups in total. The van der Waals surface area contributed by atoms with Gasteiger partial charge in [-0.25, -0.2) is 0 Å². The number of hydrogen-bond acceptors (Lipinski definition) is 6. The molecule has 3 aliphatic heterocycles. The summed E-state index contributed by atoms with van der Waals surface area (Å²) in [5.41, 5.74) is 0. The second-order valence-corrected chi connectivity index (χ2v) is 20.7. The van der Waals surface area contributed by atoms with Crippen LogP contribution in [0.5, 0.6) is 0 Å². The zero-order chi connectivity index (χ0) is 26.2. The van der Waals surface area contributed by atoms with Gasteiger partial charge in [0.25, 0.3) is 0 Å². The number of ketones is 1. The first-order valence-corrected chi connectivity index (χ1v) is 21.8. The van der Waals surface area contributed by atoms with Crippen LogP contribution < -0.4 is 0 Å². The van der Waals surface area contributed by atoms with Crippen LogP contribution in [0.15, 0.2) is 0 Å². The summed E-state index contributed by atoms with van der Waals surface area (Å²) in [6, 6.07) is 0. The monoisotopic (exact) mass is 778 g/mol. The van der Waals surface area contributed by atoms with E-state index < -0.39 is 12.4 Å². The van der Waals surface area contributed by atoms with Crippen molar-refractivity contribution in [3.05, 3.63) is 0 Å². The third kappa shape index (κ3) is 7.15. The van der Waals surface area contributed by atoms with Crippen molar-refractivity contribution in [3.63, 3.8) is 0 Å². The number of carbonyl (C=O) groups is 1. The van der Waals surface area contributed by atoms with Gasteiger partial charge in [-0.2, -0.15) is 0 Å². The Bertz CT molecular complexity index is 707. The molecule has 0 amide bonds. The van der Waals surface area contributed by atoms with Crippen LogP contribution in [0.1, 0.15) is 75.2 Å². The van der Waals surface area contributed by atoms with Crippen molar-refractivity contribution in [3.8, 4) is 0 Å². The van der Waals surface area contributed by atoms with E-state index in [4.69, 9.17) is 23.7 Å². The molecule has 194 valence electrons. The third-order valence-corrected chi connectivity index (χ3v) is 22.1. The standard InChI is InChI=1S/C27H46O6.Ra.Rb.H/c1-10-21-17(6)14(3)13-23(30-21)31-25-18(7)19(8)27(33-26(25)20(9)28)32-24-15(4)12-16(5)29-22(24)11-2;;;/h12-19,21-27H,10-11H2,1-9H3;;;/t14-,15-,16?,17+,18?,19+,21?,22?,23+,24+,25-,26?,27-;;;/m1.../s1. The first-order valence-electron chi connectivity index (χ1n) is 14.2. The summed E-state index contributed by atoms with van der Waals surface area (Å²) in [6.45, 7) is 19.5. The Morgan fingerprint density at radius 1 is 0.771 bits per heavy atom. The summed E-state index contributed by atoms with van der Waals surface area (Å²) in [4.78, 5) is 12.8. The predicted octanol–water partition coefficient (Wildman–Crippen LogP) is 4.61. The summed E-state index contributed by atoms with van der Waals surface area (Å²) in [6.07, 6.45) is 0.851. The van der Waals surface area contributed by atoms with Crippen molar-refractivity contribution in [1.29, 1.82) is 0 Å². The van der Waals surface area contributed by atoms with Crippen LogP contribution in [0.4, 0.5) is 0 Å². The van der Waals surface area contributed by atoms with Crippen LogP contribution in [0.2, 0.25) is -0.0546 Å². The number of Topliss-reactive ketones (excluding diaryl/α,β-unsaturated/α-hetero) is 1. The second kappa shape index (κ2) is 14.1. The van der Waals surface area contributed by atoms with Gasteiger partial charge in [0, 0.05) is 0 Å². The van der Waals surface area contributed by atoms with E-state index in [0.29, 0.717) is 122 Å². The number of hydrogen-bond donors (Lipinski definition) is 0. The van der Waals surface area contributed by atoms with Crippen molar-refractivity contribution in [2.75, 3.05) is 0 Å². The van der Waals surface area contributed by atoms with Crippen LogP contribution in [0.25, 0.3) is 0 Å². The van der Waals surface area contributed by atoms with Gasteiger partial charge >= 0.3 is 286 Å². The molecule has 0 radical (unpaired) electrons. The normalized spacial score (nSPS) is 51.2. The minimum absolute atomic E-state index is 0.00124. The Hall–Kier alpha value is 2.74. The molecular formula is C27H47O6RaRb. The SMILES string of the molecule is CCC1O[C@@H](O[C@H]2C(C(C)=O)O[C@@H](O[C@@H]3C(CC)OC(C)[CH]([RaH])[C@H]3C)[C@@H](C)C2C)[CH]([Rb])[C@@H](C)[C@@H]1C. The van der Waals surface area contributed by atoms with E-state index in [1.807, 2.05) is 0 Å². The molecule has 3 rings (SSSR count).